The normalized spacial score (nSPS) is 21.0. The fourth-order valence-corrected chi connectivity index (χ4v) is 2.32. The third-order valence-electron chi connectivity index (χ3n) is 3.49. The van der Waals surface area contributed by atoms with Crippen molar-refractivity contribution in [2.75, 3.05) is 0 Å². The Hall–Kier alpha value is -2.49. The molecule has 0 N–H and O–H groups in total. The lowest BCUT2D eigenvalue weighted by atomic mass is 9.94. The number of cyclic esters (lactones) is 1. The molecular weight excluding hydrogens is 269 g/mol. The van der Waals surface area contributed by atoms with Crippen molar-refractivity contribution in [2.24, 2.45) is 4.99 Å². The summed E-state index contributed by atoms with van der Waals surface area (Å²) in [6, 6.07) is 15.6. The van der Waals surface area contributed by atoms with Crippen LogP contribution in [0.25, 0.3) is 0 Å². The second kappa shape index (κ2) is 5.13. The van der Waals surface area contributed by atoms with E-state index in [2.05, 4.69) is 4.99 Å². The van der Waals surface area contributed by atoms with E-state index in [1.165, 1.54) is 6.07 Å². The molecule has 0 bridgehead atoms. The van der Waals surface area contributed by atoms with Crippen molar-refractivity contribution < 1.29 is 13.9 Å². The number of benzene rings is 2. The number of carbonyl (C=O) groups excluding carboxylic acids is 1. The number of hydrogen-bond acceptors (Lipinski definition) is 3. The van der Waals surface area contributed by atoms with E-state index in [0.717, 1.165) is 5.56 Å². The Morgan fingerprint density at radius 2 is 1.76 bits per heavy atom. The van der Waals surface area contributed by atoms with Crippen molar-refractivity contribution in [1.82, 2.24) is 0 Å². The lowest BCUT2D eigenvalue weighted by Gasteiger charge is -2.16. The molecule has 21 heavy (non-hydrogen) atoms. The molecule has 2 aromatic carbocycles. The van der Waals surface area contributed by atoms with Crippen LogP contribution < -0.4 is 0 Å². The van der Waals surface area contributed by atoms with E-state index in [1.807, 2.05) is 30.3 Å². The number of esters is 1. The minimum atomic E-state index is -1.09. The van der Waals surface area contributed by atoms with Crippen LogP contribution in [-0.4, -0.2) is 17.4 Å². The average molecular weight is 283 g/mol. The summed E-state index contributed by atoms with van der Waals surface area (Å²) in [5, 5.41) is 0. The van der Waals surface area contributed by atoms with Crippen molar-refractivity contribution in [2.45, 2.75) is 18.9 Å². The summed E-state index contributed by atoms with van der Waals surface area (Å²) >= 11 is 0. The maximum absolute atomic E-state index is 13.8. The molecule has 0 spiro atoms. The lowest BCUT2D eigenvalue weighted by molar-refractivity contribution is -0.138. The Morgan fingerprint density at radius 1 is 1.10 bits per heavy atom. The molecule has 1 aliphatic heterocycles. The van der Waals surface area contributed by atoms with Gasteiger partial charge in [-0.1, -0.05) is 36.4 Å². The van der Waals surface area contributed by atoms with Crippen molar-refractivity contribution in [1.29, 1.82) is 0 Å². The molecule has 106 valence electrons. The average Bonchev–Trinajstić information content (AvgIpc) is 2.78. The van der Waals surface area contributed by atoms with Gasteiger partial charge in [-0.25, -0.2) is 14.2 Å². The number of halogens is 1. The molecule has 1 atom stereocenters. The van der Waals surface area contributed by atoms with Crippen molar-refractivity contribution in [3.8, 4) is 0 Å². The highest BCUT2D eigenvalue weighted by Crippen LogP contribution is 2.27. The van der Waals surface area contributed by atoms with Crippen LogP contribution in [0.3, 0.4) is 0 Å². The third kappa shape index (κ3) is 2.57. The summed E-state index contributed by atoms with van der Waals surface area (Å²) in [6.45, 7) is 1.66. The van der Waals surface area contributed by atoms with Gasteiger partial charge in [0, 0.05) is 12.0 Å². The van der Waals surface area contributed by atoms with Gasteiger partial charge in [-0.05, 0) is 30.7 Å². The van der Waals surface area contributed by atoms with E-state index < -0.39 is 11.5 Å². The molecule has 0 amide bonds. The molecule has 0 saturated heterocycles. The predicted octanol–water partition coefficient (Wildman–Crippen LogP) is 3.13. The number of hydrogen-bond donors (Lipinski definition) is 0. The number of rotatable bonds is 3. The van der Waals surface area contributed by atoms with E-state index >= 15 is 0 Å². The van der Waals surface area contributed by atoms with Crippen LogP contribution in [0.5, 0.6) is 0 Å². The highest BCUT2D eigenvalue weighted by molar-refractivity contribution is 6.07. The molecule has 4 heteroatoms. The van der Waals surface area contributed by atoms with Gasteiger partial charge >= 0.3 is 5.97 Å². The lowest BCUT2D eigenvalue weighted by Crippen LogP contribution is -2.32. The first-order valence-electron chi connectivity index (χ1n) is 6.69. The Balaban J connectivity index is 1.92. The van der Waals surface area contributed by atoms with Crippen molar-refractivity contribution in [3.05, 3.63) is 71.5 Å². The molecule has 0 saturated carbocycles. The predicted molar refractivity (Wildman–Crippen MR) is 77.6 cm³/mol. The molecule has 0 aliphatic carbocycles. The van der Waals surface area contributed by atoms with Crippen molar-refractivity contribution >= 4 is 11.9 Å². The van der Waals surface area contributed by atoms with Gasteiger partial charge in [0.25, 0.3) is 0 Å². The molecule has 0 fully saturated rings. The molecular formula is C17H14FNO2. The molecule has 3 nitrogen and oxygen atoms in total. The van der Waals surface area contributed by atoms with Crippen LogP contribution in [0.1, 0.15) is 18.1 Å². The molecule has 1 aliphatic rings. The van der Waals surface area contributed by atoms with Crippen LogP contribution >= 0.6 is 0 Å². The molecule has 3 rings (SSSR count). The minimum absolute atomic E-state index is 0.175. The van der Waals surface area contributed by atoms with E-state index in [1.54, 1.807) is 25.1 Å². The van der Waals surface area contributed by atoms with Gasteiger partial charge in [-0.3, -0.25) is 0 Å². The van der Waals surface area contributed by atoms with Gasteiger partial charge < -0.3 is 4.74 Å². The van der Waals surface area contributed by atoms with Gasteiger partial charge in [0.2, 0.25) is 5.90 Å². The van der Waals surface area contributed by atoms with Crippen molar-refractivity contribution in [3.63, 3.8) is 0 Å². The molecule has 2 aromatic rings. The van der Waals surface area contributed by atoms with Crippen LogP contribution in [0.15, 0.2) is 59.6 Å². The zero-order chi connectivity index (χ0) is 14.9. The molecule has 0 radical (unpaired) electrons. The van der Waals surface area contributed by atoms with Gasteiger partial charge in [0.1, 0.15) is 5.82 Å². The maximum Gasteiger partial charge on any atom is 0.340 e. The summed E-state index contributed by atoms with van der Waals surface area (Å²) in [5.41, 5.74) is 0.103. The fraction of sp³-hybridized carbons (Fsp3) is 0.176. The first-order chi connectivity index (χ1) is 10.1. The van der Waals surface area contributed by atoms with E-state index in [0.29, 0.717) is 11.5 Å². The fourth-order valence-electron chi connectivity index (χ4n) is 2.32. The second-order valence-electron chi connectivity index (χ2n) is 5.21. The first kappa shape index (κ1) is 13.5. The SMILES string of the molecule is CC1(Cc2ccccc2F)N=C(c2ccccc2)OC1=O. The van der Waals surface area contributed by atoms with Crippen LogP contribution in [0.2, 0.25) is 0 Å². The highest BCUT2D eigenvalue weighted by atomic mass is 19.1. The highest BCUT2D eigenvalue weighted by Gasteiger charge is 2.42. The topological polar surface area (TPSA) is 38.7 Å². The van der Waals surface area contributed by atoms with Gasteiger partial charge in [0.05, 0.1) is 0 Å². The Bertz CT molecular complexity index is 712. The Labute approximate surface area is 122 Å². The Morgan fingerprint density at radius 3 is 2.48 bits per heavy atom. The van der Waals surface area contributed by atoms with E-state index in [4.69, 9.17) is 4.74 Å². The summed E-state index contributed by atoms with van der Waals surface area (Å²) in [4.78, 5) is 16.5. The third-order valence-corrected chi connectivity index (χ3v) is 3.49. The smallest absolute Gasteiger partial charge is 0.340 e. The van der Waals surface area contributed by atoms with E-state index in [9.17, 15) is 9.18 Å². The number of ether oxygens (including phenoxy) is 1. The largest absolute Gasteiger partial charge is 0.405 e. The van der Waals surface area contributed by atoms with Crippen LogP contribution in [0.4, 0.5) is 4.39 Å². The standard InChI is InChI=1S/C17H14FNO2/c1-17(11-13-9-5-6-10-14(13)18)16(20)21-15(19-17)12-7-3-2-4-8-12/h2-10H,11H2,1H3. The molecule has 0 aromatic heterocycles. The van der Waals surface area contributed by atoms with Crippen LogP contribution in [-0.2, 0) is 16.0 Å². The quantitative estimate of drug-likeness (QED) is 0.812. The summed E-state index contributed by atoms with van der Waals surface area (Å²) < 4.78 is 19.0. The zero-order valence-corrected chi connectivity index (χ0v) is 11.5. The number of nitrogens with zero attached hydrogens (tertiary/aromatic N) is 1. The molecule has 1 heterocycles. The minimum Gasteiger partial charge on any atom is -0.405 e. The zero-order valence-electron chi connectivity index (χ0n) is 11.5. The first-order valence-corrected chi connectivity index (χ1v) is 6.69. The summed E-state index contributed by atoms with van der Waals surface area (Å²) in [7, 11) is 0. The Kier molecular flexibility index (Phi) is 3.29. The summed E-state index contributed by atoms with van der Waals surface area (Å²) in [5.74, 6) is -0.501. The van der Waals surface area contributed by atoms with Crippen LogP contribution in [0, 0.1) is 5.82 Å². The second-order valence-corrected chi connectivity index (χ2v) is 5.21. The summed E-state index contributed by atoms with van der Waals surface area (Å²) in [6.07, 6.45) is 0.175. The maximum atomic E-state index is 13.8. The monoisotopic (exact) mass is 283 g/mol. The number of carbonyl (C=O) groups is 1. The van der Waals surface area contributed by atoms with E-state index in [-0.39, 0.29) is 12.2 Å². The van der Waals surface area contributed by atoms with Gasteiger partial charge in [-0.2, -0.15) is 0 Å². The van der Waals surface area contributed by atoms with Gasteiger partial charge in [-0.15, -0.1) is 0 Å². The van der Waals surface area contributed by atoms with Gasteiger partial charge in [0.15, 0.2) is 5.54 Å². The number of aliphatic imine (C=N–C) groups is 1. The molecule has 1 unspecified atom stereocenters.